The fraction of sp³-hybridized carbons (Fsp3) is 0.846. The first-order valence-corrected chi connectivity index (χ1v) is 6.79. The lowest BCUT2D eigenvalue weighted by atomic mass is 10.2. The van der Waals surface area contributed by atoms with Gasteiger partial charge in [0.1, 0.15) is 0 Å². The van der Waals surface area contributed by atoms with Crippen LogP contribution in [0.5, 0.6) is 0 Å². The third-order valence-corrected chi connectivity index (χ3v) is 3.73. The molecule has 1 aliphatic rings. The minimum Gasteiger partial charge on any atom is -0.481 e. The second kappa shape index (κ2) is 6.75. The zero-order valence-electron chi connectivity index (χ0n) is 12.3. The molecule has 1 rings (SSSR count). The van der Waals surface area contributed by atoms with Crippen molar-refractivity contribution < 1.29 is 14.7 Å². The van der Waals surface area contributed by atoms with E-state index in [2.05, 4.69) is 4.90 Å². The van der Waals surface area contributed by atoms with Gasteiger partial charge in [-0.25, -0.2) is 4.79 Å². The number of rotatable bonds is 5. The van der Waals surface area contributed by atoms with Gasteiger partial charge in [-0.1, -0.05) is 6.92 Å². The van der Waals surface area contributed by atoms with Gasteiger partial charge >= 0.3 is 12.0 Å². The lowest BCUT2D eigenvalue weighted by molar-refractivity contribution is -0.141. The highest BCUT2D eigenvalue weighted by atomic mass is 16.4. The largest absolute Gasteiger partial charge is 0.481 e. The fourth-order valence-corrected chi connectivity index (χ4v) is 2.29. The van der Waals surface area contributed by atoms with E-state index in [0.29, 0.717) is 12.6 Å². The molecular formula is C13H25N3O3. The van der Waals surface area contributed by atoms with E-state index in [1.807, 2.05) is 25.9 Å². The normalized spacial score (nSPS) is 20.7. The molecular weight excluding hydrogens is 246 g/mol. The Hall–Kier alpha value is -1.30. The van der Waals surface area contributed by atoms with E-state index in [9.17, 15) is 9.59 Å². The number of carbonyl (C=O) groups excluding carboxylic acids is 1. The first-order valence-electron chi connectivity index (χ1n) is 6.79. The molecule has 1 N–H and O–H groups in total. The Morgan fingerprint density at radius 2 is 2.05 bits per heavy atom. The molecule has 0 aromatic rings. The van der Waals surface area contributed by atoms with Gasteiger partial charge in [0.2, 0.25) is 0 Å². The second-order valence-electron chi connectivity index (χ2n) is 5.41. The van der Waals surface area contributed by atoms with E-state index in [-0.39, 0.29) is 12.6 Å². The molecule has 0 aliphatic carbocycles. The van der Waals surface area contributed by atoms with Gasteiger partial charge in [-0.2, -0.15) is 0 Å². The van der Waals surface area contributed by atoms with Crippen LogP contribution in [0, 0.1) is 5.92 Å². The van der Waals surface area contributed by atoms with Crippen molar-refractivity contribution >= 4 is 12.0 Å². The summed E-state index contributed by atoms with van der Waals surface area (Å²) < 4.78 is 0. The SMILES string of the molecule is CCN(CC(C)C(=O)O)C(=O)N1CCC(N(C)C)C1. The number of carboxylic acids is 1. The Kier molecular flexibility index (Phi) is 5.60. The molecule has 2 amide bonds. The Bertz CT molecular complexity index is 333. The van der Waals surface area contributed by atoms with Crippen LogP contribution >= 0.6 is 0 Å². The number of carbonyl (C=O) groups is 2. The van der Waals surface area contributed by atoms with Crippen LogP contribution in [0.15, 0.2) is 0 Å². The number of hydrogen-bond acceptors (Lipinski definition) is 3. The van der Waals surface area contributed by atoms with Gasteiger partial charge in [0, 0.05) is 32.2 Å². The number of likely N-dealkylation sites (N-methyl/N-ethyl adjacent to an activating group) is 1. The summed E-state index contributed by atoms with van der Waals surface area (Å²) in [6.07, 6.45) is 0.977. The number of carboxylic acid groups (broad SMARTS) is 1. The maximum Gasteiger partial charge on any atom is 0.320 e. The summed E-state index contributed by atoms with van der Waals surface area (Å²) >= 11 is 0. The van der Waals surface area contributed by atoms with Crippen LogP contribution in [0.1, 0.15) is 20.3 Å². The van der Waals surface area contributed by atoms with Gasteiger partial charge < -0.3 is 19.8 Å². The van der Waals surface area contributed by atoms with Gasteiger partial charge in [0.05, 0.1) is 5.92 Å². The molecule has 0 aromatic carbocycles. The highest BCUT2D eigenvalue weighted by Gasteiger charge is 2.30. The molecule has 0 radical (unpaired) electrons. The van der Waals surface area contributed by atoms with Gasteiger partial charge in [-0.05, 0) is 27.4 Å². The standard InChI is InChI=1S/C13H25N3O3/c1-5-15(8-10(2)12(17)18)13(19)16-7-6-11(9-16)14(3)4/h10-11H,5-9H2,1-4H3,(H,17,18). The van der Waals surface area contributed by atoms with E-state index >= 15 is 0 Å². The summed E-state index contributed by atoms with van der Waals surface area (Å²) in [5.41, 5.74) is 0. The quantitative estimate of drug-likeness (QED) is 0.803. The van der Waals surface area contributed by atoms with Crippen LogP contribution < -0.4 is 0 Å². The van der Waals surface area contributed by atoms with Crippen LogP contribution in [-0.4, -0.2) is 78.1 Å². The number of hydrogen-bond donors (Lipinski definition) is 1. The number of aliphatic carboxylic acids is 1. The van der Waals surface area contributed by atoms with Crippen molar-refractivity contribution in [1.29, 1.82) is 0 Å². The molecule has 2 unspecified atom stereocenters. The minimum absolute atomic E-state index is 0.0417. The summed E-state index contributed by atoms with van der Waals surface area (Å²) in [4.78, 5) is 28.8. The topological polar surface area (TPSA) is 64.1 Å². The van der Waals surface area contributed by atoms with Gasteiger partial charge in [-0.15, -0.1) is 0 Å². The van der Waals surface area contributed by atoms with E-state index in [0.717, 1.165) is 19.5 Å². The zero-order chi connectivity index (χ0) is 14.6. The average Bonchev–Trinajstić information content (AvgIpc) is 2.84. The molecule has 0 saturated carbocycles. The average molecular weight is 271 g/mol. The Morgan fingerprint density at radius 3 is 2.47 bits per heavy atom. The third-order valence-electron chi connectivity index (χ3n) is 3.73. The number of amides is 2. The number of urea groups is 1. The predicted octanol–water partition coefficient (Wildman–Crippen LogP) is 0.785. The third kappa shape index (κ3) is 4.09. The van der Waals surface area contributed by atoms with Crippen molar-refractivity contribution in [1.82, 2.24) is 14.7 Å². The van der Waals surface area contributed by atoms with Gasteiger partial charge in [0.15, 0.2) is 0 Å². The van der Waals surface area contributed by atoms with Crippen molar-refractivity contribution in [2.75, 3.05) is 40.3 Å². The molecule has 1 aliphatic heterocycles. The van der Waals surface area contributed by atoms with Crippen molar-refractivity contribution in [3.05, 3.63) is 0 Å². The van der Waals surface area contributed by atoms with Gasteiger partial charge in [0.25, 0.3) is 0 Å². The Morgan fingerprint density at radius 1 is 1.42 bits per heavy atom. The molecule has 6 heteroatoms. The minimum atomic E-state index is -0.862. The lowest BCUT2D eigenvalue weighted by Gasteiger charge is -2.29. The van der Waals surface area contributed by atoms with Crippen molar-refractivity contribution in [2.24, 2.45) is 5.92 Å². The summed E-state index contributed by atoms with van der Waals surface area (Å²) in [5, 5.41) is 8.93. The highest BCUT2D eigenvalue weighted by Crippen LogP contribution is 2.15. The molecule has 19 heavy (non-hydrogen) atoms. The molecule has 1 heterocycles. The van der Waals surface area contributed by atoms with Crippen LogP contribution in [0.4, 0.5) is 4.79 Å². The van der Waals surface area contributed by atoms with Crippen molar-refractivity contribution in [2.45, 2.75) is 26.3 Å². The number of likely N-dealkylation sites (tertiary alicyclic amines) is 1. The van der Waals surface area contributed by atoms with Gasteiger partial charge in [-0.3, -0.25) is 4.79 Å². The van der Waals surface area contributed by atoms with Crippen LogP contribution in [-0.2, 0) is 4.79 Å². The summed E-state index contributed by atoms with van der Waals surface area (Å²) in [5.74, 6) is -1.39. The molecule has 0 bridgehead atoms. The number of nitrogens with zero attached hydrogens (tertiary/aromatic N) is 3. The zero-order valence-corrected chi connectivity index (χ0v) is 12.3. The molecule has 0 aromatic heterocycles. The molecule has 1 saturated heterocycles. The van der Waals surface area contributed by atoms with Crippen LogP contribution in [0.25, 0.3) is 0 Å². The highest BCUT2D eigenvalue weighted by molar-refractivity contribution is 5.76. The Labute approximate surface area is 115 Å². The maximum atomic E-state index is 12.3. The second-order valence-corrected chi connectivity index (χ2v) is 5.41. The first kappa shape index (κ1) is 15.8. The van der Waals surface area contributed by atoms with E-state index in [1.54, 1.807) is 11.8 Å². The molecule has 0 spiro atoms. The first-order chi connectivity index (χ1) is 8.86. The van der Waals surface area contributed by atoms with E-state index < -0.39 is 11.9 Å². The lowest BCUT2D eigenvalue weighted by Crippen LogP contribution is -2.45. The monoisotopic (exact) mass is 271 g/mol. The van der Waals surface area contributed by atoms with E-state index in [4.69, 9.17) is 5.11 Å². The smallest absolute Gasteiger partial charge is 0.320 e. The molecule has 110 valence electrons. The van der Waals surface area contributed by atoms with Crippen molar-refractivity contribution in [3.63, 3.8) is 0 Å². The molecule has 2 atom stereocenters. The fourth-order valence-electron chi connectivity index (χ4n) is 2.29. The summed E-state index contributed by atoms with van der Waals surface area (Å²) in [7, 11) is 4.03. The van der Waals surface area contributed by atoms with E-state index in [1.165, 1.54) is 0 Å². The van der Waals surface area contributed by atoms with Crippen LogP contribution in [0.2, 0.25) is 0 Å². The summed E-state index contributed by atoms with van der Waals surface area (Å²) in [6, 6.07) is 0.361. The molecule has 6 nitrogen and oxygen atoms in total. The Balaban J connectivity index is 2.57. The summed E-state index contributed by atoms with van der Waals surface area (Å²) in [6.45, 7) is 5.80. The predicted molar refractivity (Wildman–Crippen MR) is 73.1 cm³/mol. The van der Waals surface area contributed by atoms with Crippen molar-refractivity contribution in [3.8, 4) is 0 Å². The molecule has 1 fully saturated rings. The maximum absolute atomic E-state index is 12.3. The van der Waals surface area contributed by atoms with Crippen LogP contribution in [0.3, 0.4) is 0 Å².